The molecule has 1 aromatic carbocycles. The van der Waals surface area contributed by atoms with Crippen LogP contribution in [0.2, 0.25) is 5.02 Å². The summed E-state index contributed by atoms with van der Waals surface area (Å²) < 4.78 is 2.34. The molecule has 2 N–H and O–H groups in total. The van der Waals surface area contributed by atoms with E-state index in [1.165, 1.54) is 22.6 Å². The van der Waals surface area contributed by atoms with E-state index in [9.17, 15) is 0 Å². The van der Waals surface area contributed by atoms with Gasteiger partial charge in [0, 0.05) is 28.1 Å². The lowest BCUT2D eigenvalue weighted by Crippen LogP contribution is -2.30. The summed E-state index contributed by atoms with van der Waals surface area (Å²) in [6.07, 6.45) is 2.09. The van der Waals surface area contributed by atoms with Crippen LogP contribution in [0.25, 0.3) is 5.69 Å². The molecule has 0 bridgehead atoms. The number of nitrogens with two attached hydrogens (primary N) is 1. The first-order valence-electron chi connectivity index (χ1n) is 7.52. The second-order valence-electron chi connectivity index (χ2n) is 7.06. The molecular formula is C18H23ClN2. The van der Waals surface area contributed by atoms with E-state index in [1.807, 2.05) is 12.1 Å². The molecule has 1 atom stereocenters. The predicted octanol–water partition coefficient (Wildman–Crippen LogP) is 4.72. The van der Waals surface area contributed by atoms with Crippen molar-refractivity contribution in [3.8, 4) is 5.69 Å². The molecule has 0 spiro atoms. The molecule has 1 unspecified atom stereocenters. The quantitative estimate of drug-likeness (QED) is 0.812. The van der Waals surface area contributed by atoms with E-state index in [0.29, 0.717) is 0 Å². The van der Waals surface area contributed by atoms with E-state index in [1.54, 1.807) is 0 Å². The van der Waals surface area contributed by atoms with E-state index >= 15 is 0 Å². The van der Waals surface area contributed by atoms with Crippen molar-refractivity contribution in [3.63, 3.8) is 0 Å². The zero-order chi connectivity index (χ0) is 15.4. The summed E-state index contributed by atoms with van der Waals surface area (Å²) in [5, 5.41) is 0.814. The van der Waals surface area contributed by atoms with Gasteiger partial charge in [-0.05, 0) is 61.4 Å². The Labute approximate surface area is 131 Å². The van der Waals surface area contributed by atoms with Gasteiger partial charge in [-0.3, -0.25) is 0 Å². The van der Waals surface area contributed by atoms with Gasteiger partial charge in [-0.25, -0.2) is 0 Å². The van der Waals surface area contributed by atoms with Gasteiger partial charge < -0.3 is 10.3 Å². The average molecular weight is 303 g/mol. The monoisotopic (exact) mass is 302 g/mol. The average Bonchev–Trinajstić information content (AvgIpc) is 2.69. The number of fused-ring (bicyclic) bond motifs is 1. The number of aryl methyl sites for hydroxylation is 1. The maximum absolute atomic E-state index is 6.41. The third kappa shape index (κ3) is 2.41. The fourth-order valence-corrected chi connectivity index (χ4v) is 3.79. The van der Waals surface area contributed by atoms with Crippen molar-refractivity contribution >= 4 is 11.6 Å². The molecule has 0 radical (unpaired) electrons. The number of benzene rings is 1. The number of halogens is 1. The summed E-state index contributed by atoms with van der Waals surface area (Å²) in [6.45, 7) is 8.83. The molecule has 0 amide bonds. The Hall–Kier alpha value is -1.25. The van der Waals surface area contributed by atoms with Crippen molar-refractivity contribution in [2.24, 2.45) is 11.1 Å². The van der Waals surface area contributed by atoms with Crippen molar-refractivity contribution in [1.29, 1.82) is 0 Å². The third-order valence-corrected chi connectivity index (χ3v) is 5.03. The van der Waals surface area contributed by atoms with Crippen LogP contribution in [0.1, 0.15) is 48.8 Å². The van der Waals surface area contributed by atoms with Crippen LogP contribution in [0.4, 0.5) is 0 Å². The minimum atomic E-state index is 0.128. The highest BCUT2D eigenvalue weighted by Crippen LogP contribution is 2.42. The van der Waals surface area contributed by atoms with Gasteiger partial charge >= 0.3 is 0 Å². The third-order valence-electron chi connectivity index (χ3n) is 4.62. The molecule has 3 heteroatoms. The SMILES string of the molecule is Cc1c(Cl)cccc1-n1c(C)cc2c1CC(C)(C)CC2N. The molecule has 1 aliphatic carbocycles. The zero-order valence-electron chi connectivity index (χ0n) is 13.2. The first-order valence-corrected chi connectivity index (χ1v) is 7.90. The van der Waals surface area contributed by atoms with Crippen molar-refractivity contribution in [1.82, 2.24) is 4.57 Å². The summed E-state index contributed by atoms with van der Waals surface area (Å²) in [5.74, 6) is 0. The predicted molar refractivity (Wildman–Crippen MR) is 89.3 cm³/mol. The topological polar surface area (TPSA) is 30.9 Å². The molecule has 0 fully saturated rings. The fourth-order valence-electron chi connectivity index (χ4n) is 3.62. The van der Waals surface area contributed by atoms with Crippen LogP contribution < -0.4 is 5.73 Å². The summed E-state index contributed by atoms with van der Waals surface area (Å²) in [6, 6.07) is 8.48. The van der Waals surface area contributed by atoms with Gasteiger partial charge in [-0.15, -0.1) is 0 Å². The van der Waals surface area contributed by atoms with E-state index < -0.39 is 0 Å². The van der Waals surface area contributed by atoms with Crippen LogP contribution in [-0.2, 0) is 6.42 Å². The van der Waals surface area contributed by atoms with Crippen molar-refractivity contribution < 1.29 is 0 Å². The summed E-state index contributed by atoms with van der Waals surface area (Å²) >= 11 is 6.31. The molecule has 0 aliphatic heterocycles. The molecule has 0 saturated heterocycles. The van der Waals surface area contributed by atoms with Crippen molar-refractivity contribution in [2.45, 2.75) is 46.6 Å². The van der Waals surface area contributed by atoms with Gasteiger partial charge in [-0.1, -0.05) is 31.5 Å². The van der Waals surface area contributed by atoms with E-state index in [4.69, 9.17) is 17.3 Å². The van der Waals surface area contributed by atoms with Crippen molar-refractivity contribution in [2.75, 3.05) is 0 Å². The highest BCUT2D eigenvalue weighted by molar-refractivity contribution is 6.31. The lowest BCUT2D eigenvalue weighted by atomic mass is 9.74. The van der Waals surface area contributed by atoms with Gasteiger partial charge in [0.2, 0.25) is 0 Å². The van der Waals surface area contributed by atoms with Crippen LogP contribution in [0, 0.1) is 19.3 Å². The van der Waals surface area contributed by atoms with Crippen LogP contribution in [0.15, 0.2) is 24.3 Å². The highest BCUT2D eigenvalue weighted by Gasteiger charge is 2.33. The van der Waals surface area contributed by atoms with Crippen LogP contribution in [0.5, 0.6) is 0 Å². The molecule has 1 heterocycles. The normalized spacial score (nSPS) is 20.4. The maximum atomic E-state index is 6.41. The minimum Gasteiger partial charge on any atom is -0.324 e. The fraction of sp³-hybridized carbons (Fsp3) is 0.444. The largest absolute Gasteiger partial charge is 0.324 e. The molecule has 1 aromatic heterocycles. The molecule has 21 heavy (non-hydrogen) atoms. The Bertz CT molecular complexity index is 697. The first kappa shape index (κ1) is 14.7. The molecule has 1 aliphatic rings. The summed E-state index contributed by atoms with van der Waals surface area (Å²) in [5.41, 5.74) is 12.8. The lowest BCUT2D eigenvalue weighted by Gasteiger charge is -2.34. The zero-order valence-corrected chi connectivity index (χ0v) is 14.0. The standard InChI is InChI=1S/C18H23ClN2/c1-11-8-13-15(20)9-18(3,4)10-17(13)21(11)16-7-5-6-14(19)12(16)2/h5-8,15H,9-10,20H2,1-4H3. The molecule has 112 valence electrons. The van der Waals surface area contributed by atoms with Gasteiger partial charge in [-0.2, -0.15) is 0 Å². The van der Waals surface area contributed by atoms with E-state index in [2.05, 4.69) is 44.4 Å². The van der Waals surface area contributed by atoms with Crippen LogP contribution in [-0.4, -0.2) is 4.57 Å². The van der Waals surface area contributed by atoms with Crippen molar-refractivity contribution in [3.05, 3.63) is 51.8 Å². The van der Waals surface area contributed by atoms with Gasteiger partial charge in [0.15, 0.2) is 0 Å². The first-order chi connectivity index (χ1) is 9.80. The Kier molecular flexibility index (Phi) is 3.42. The Morgan fingerprint density at radius 3 is 2.71 bits per heavy atom. The number of hydrogen-bond acceptors (Lipinski definition) is 1. The maximum Gasteiger partial charge on any atom is 0.0499 e. The van der Waals surface area contributed by atoms with Gasteiger partial charge in [0.05, 0.1) is 0 Å². The smallest absolute Gasteiger partial charge is 0.0499 e. The molecule has 0 saturated carbocycles. The lowest BCUT2D eigenvalue weighted by molar-refractivity contribution is 0.278. The van der Waals surface area contributed by atoms with Crippen LogP contribution >= 0.6 is 11.6 Å². The van der Waals surface area contributed by atoms with Crippen LogP contribution in [0.3, 0.4) is 0 Å². The number of rotatable bonds is 1. The van der Waals surface area contributed by atoms with E-state index in [0.717, 1.165) is 23.4 Å². The Morgan fingerprint density at radius 1 is 1.29 bits per heavy atom. The second kappa shape index (κ2) is 4.89. The second-order valence-corrected chi connectivity index (χ2v) is 7.47. The Morgan fingerprint density at radius 2 is 2.00 bits per heavy atom. The Balaban J connectivity index is 2.24. The number of hydrogen-bond donors (Lipinski definition) is 1. The van der Waals surface area contributed by atoms with E-state index in [-0.39, 0.29) is 11.5 Å². The number of aromatic nitrogens is 1. The molecule has 2 nitrogen and oxygen atoms in total. The molecule has 3 rings (SSSR count). The van der Waals surface area contributed by atoms with Gasteiger partial charge in [0.25, 0.3) is 0 Å². The summed E-state index contributed by atoms with van der Waals surface area (Å²) in [7, 11) is 0. The minimum absolute atomic E-state index is 0.128. The summed E-state index contributed by atoms with van der Waals surface area (Å²) in [4.78, 5) is 0. The molecular weight excluding hydrogens is 280 g/mol. The number of nitrogens with zero attached hydrogens (tertiary/aromatic N) is 1. The molecule has 2 aromatic rings. The van der Waals surface area contributed by atoms with Gasteiger partial charge in [0.1, 0.15) is 0 Å². The highest BCUT2D eigenvalue weighted by atomic mass is 35.5.